The van der Waals surface area contributed by atoms with Crippen LogP contribution in [0.5, 0.6) is 0 Å². The molecule has 0 bridgehead atoms. The first-order chi connectivity index (χ1) is 11.5. The van der Waals surface area contributed by atoms with Gasteiger partial charge in [-0.05, 0) is 32.9 Å². The molecule has 6 nitrogen and oxygen atoms in total. The molecule has 2 heterocycles. The first-order valence-corrected chi connectivity index (χ1v) is 8.10. The van der Waals surface area contributed by atoms with Gasteiger partial charge in [-0.25, -0.2) is 4.98 Å². The van der Waals surface area contributed by atoms with Gasteiger partial charge in [0.05, 0.1) is 27.0 Å². The van der Waals surface area contributed by atoms with E-state index in [4.69, 9.17) is 0 Å². The fourth-order valence-corrected chi connectivity index (χ4v) is 3.24. The van der Waals surface area contributed by atoms with Gasteiger partial charge < -0.3 is 5.11 Å². The molecule has 3 rings (SSSR count). The van der Waals surface area contributed by atoms with Crippen molar-refractivity contribution in [1.82, 2.24) is 20.0 Å². The van der Waals surface area contributed by atoms with Gasteiger partial charge in [-0.15, -0.1) is 16.4 Å². The third-order valence-corrected chi connectivity index (χ3v) is 4.55. The van der Waals surface area contributed by atoms with Gasteiger partial charge in [0.25, 0.3) is 0 Å². The molecule has 1 N–H and O–H groups in total. The Kier molecular flexibility index (Phi) is 4.15. The van der Waals surface area contributed by atoms with Gasteiger partial charge in [0.15, 0.2) is 5.76 Å². The Bertz CT molecular complexity index is 963. The second-order valence-electron chi connectivity index (χ2n) is 5.24. The standard InChI is InChI=1S/C17H15N5OS/c1-10-15(21-22(20-10)13-7-5-4-6-8-13)14(9-18)16(23)17-11(2)19-12(3)24-17/h4-8,23H,1-3H3/b16-14+. The maximum atomic E-state index is 10.6. The zero-order chi connectivity index (χ0) is 17.3. The van der Waals surface area contributed by atoms with Crippen LogP contribution in [-0.2, 0) is 0 Å². The Morgan fingerprint density at radius 3 is 2.42 bits per heavy atom. The van der Waals surface area contributed by atoms with Gasteiger partial charge in [-0.2, -0.15) is 15.2 Å². The van der Waals surface area contributed by atoms with E-state index in [-0.39, 0.29) is 11.3 Å². The number of hydrogen-bond acceptors (Lipinski definition) is 6. The number of nitriles is 1. The van der Waals surface area contributed by atoms with E-state index in [0.29, 0.717) is 22.0 Å². The van der Waals surface area contributed by atoms with Crippen molar-refractivity contribution in [3.05, 3.63) is 57.3 Å². The van der Waals surface area contributed by atoms with Crippen molar-refractivity contribution in [3.8, 4) is 11.8 Å². The lowest BCUT2D eigenvalue weighted by atomic mass is 10.1. The lowest BCUT2D eigenvalue weighted by Gasteiger charge is -2.01. The zero-order valence-corrected chi connectivity index (χ0v) is 14.3. The third kappa shape index (κ3) is 2.79. The average Bonchev–Trinajstić information content (AvgIpc) is 3.11. The van der Waals surface area contributed by atoms with Gasteiger partial charge in [-0.1, -0.05) is 18.2 Å². The first-order valence-electron chi connectivity index (χ1n) is 7.28. The smallest absolute Gasteiger partial charge is 0.154 e. The molecular formula is C17H15N5OS. The van der Waals surface area contributed by atoms with Crippen LogP contribution in [0.15, 0.2) is 30.3 Å². The fraction of sp³-hybridized carbons (Fsp3) is 0.176. The molecule has 1 aromatic carbocycles. The zero-order valence-electron chi connectivity index (χ0n) is 13.5. The first kappa shape index (κ1) is 15.9. The number of benzene rings is 1. The van der Waals surface area contributed by atoms with E-state index in [0.717, 1.165) is 10.7 Å². The molecule has 24 heavy (non-hydrogen) atoms. The molecule has 0 saturated heterocycles. The average molecular weight is 337 g/mol. The SMILES string of the molecule is Cc1nc(C)c(/C(O)=C(/C#N)c2nn(-c3ccccc3)nc2C)s1. The van der Waals surface area contributed by atoms with E-state index in [2.05, 4.69) is 21.3 Å². The Balaban J connectivity index is 2.13. The molecule has 0 unspecified atom stereocenters. The van der Waals surface area contributed by atoms with Crippen LogP contribution in [0.2, 0.25) is 0 Å². The highest BCUT2D eigenvalue weighted by molar-refractivity contribution is 7.12. The van der Waals surface area contributed by atoms with E-state index in [9.17, 15) is 10.4 Å². The van der Waals surface area contributed by atoms with Gasteiger partial charge in [0, 0.05) is 0 Å². The van der Waals surface area contributed by atoms with E-state index in [1.807, 2.05) is 37.3 Å². The van der Waals surface area contributed by atoms with Crippen LogP contribution in [0.4, 0.5) is 0 Å². The van der Waals surface area contributed by atoms with Crippen LogP contribution in [0.1, 0.15) is 27.0 Å². The van der Waals surface area contributed by atoms with Crippen molar-refractivity contribution in [1.29, 1.82) is 5.26 Å². The summed E-state index contributed by atoms with van der Waals surface area (Å²) in [6.07, 6.45) is 0. The number of rotatable bonds is 3. The highest BCUT2D eigenvalue weighted by Crippen LogP contribution is 2.30. The molecule has 0 fully saturated rings. The summed E-state index contributed by atoms with van der Waals surface area (Å²) < 4.78 is 0. The van der Waals surface area contributed by atoms with Gasteiger partial charge >= 0.3 is 0 Å². The fourth-order valence-electron chi connectivity index (χ4n) is 2.37. The summed E-state index contributed by atoms with van der Waals surface area (Å²) in [6, 6.07) is 11.5. The molecule has 0 saturated carbocycles. The molecular weight excluding hydrogens is 322 g/mol. The molecule has 7 heteroatoms. The minimum Gasteiger partial charge on any atom is -0.505 e. The molecule has 0 radical (unpaired) electrons. The highest BCUT2D eigenvalue weighted by Gasteiger charge is 2.21. The molecule has 0 atom stereocenters. The molecule has 0 spiro atoms. The van der Waals surface area contributed by atoms with Crippen molar-refractivity contribution in [2.24, 2.45) is 0 Å². The maximum Gasteiger partial charge on any atom is 0.154 e. The molecule has 0 amide bonds. The van der Waals surface area contributed by atoms with Crippen molar-refractivity contribution >= 4 is 22.7 Å². The summed E-state index contributed by atoms with van der Waals surface area (Å²) >= 11 is 1.34. The summed E-state index contributed by atoms with van der Waals surface area (Å²) in [5.41, 5.74) is 2.51. The molecule has 0 aliphatic heterocycles. The lowest BCUT2D eigenvalue weighted by Crippen LogP contribution is -1.99. The second kappa shape index (κ2) is 6.26. The van der Waals surface area contributed by atoms with Gasteiger partial charge in [0.2, 0.25) is 0 Å². The number of allylic oxidation sites excluding steroid dienone is 1. The minimum absolute atomic E-state index is 0.0985. The Labute approximate surface area is 143 Å². The quantitative estimate of drug-likeness (QED) is 0.583. The third-order valence-electron chi connectivity index (χ3n) is 3.47. The van der Waals surface area contributed by atoms with Crippen LogP contribution in [0.3, 0.4) is 0 Å². The van der Waals surface area contributed by atoms with Crippen LogP contribution in [0.25, 0.3) is 17.0 Å². The summed E-state index contributed by atoms with van der Waals surface area (Å²) in [5, 5.41) is 29.7. The molecule has 0 aliphatic carbocycles. The van der Waals surface area contributed by atoms with E-state index < -0.39 is 0 Å². The summed E-state index contributed by atoms with van der Waals surface area (Å²) in [5.74, 6) is -0.108. The lowest BCUT2D eigenvalue weighted by molar-refractivity contribution is 0.515. The van der Waals surface area contributed by atoms with Crippen LogP contribution >= 0.6 is 11.3 Å². The van der Waals surface area contributed by atoms with Gasteiger partial charge in [0.1, 0.15) is 17.3 Å². The van der Waals surface area contributed by atoms with E-state index in [1.165, 1.54) is 16.1 Å². The predicted molar refractivity (Wildman–Crippen MR) is 92.7 cm³/mol. The number of aliphatic hydroxyl groups is 1. The summed E-state index contributed by atoms with van der Waals surface area (Å²) in [7, 11) is 0. The number of para-hydroxylation sites is 1. The highest BCUT2D eigenvalue weighted by atomic mass is 32.1. The van der Waals surface area contributed by atoms with Crippen LogP contribution in [-0.4, -0.2) is 25.1 Å². The molecule has 3 aromatic rings. The summed E-state index contributed by atoms with van der Waals surface area (Å²) in [4.78, 5) is 6.33. The van der Waals surface area contributed by atoms with Crippen molar-refractivity contribution in [2.45, 2.75) is 20.8 Å². The normalized spacial score (nSPS) is 11.9. The topological polar surface area (TPSA) is 87.6 Å². The number of aliphatic hydroxyl groups excluding tert-OH is 1. The van der Waals surface area contributed by atoms with E-state index in [1.54, 1.807) is 13.8 Å². The number of thiazole rings is 1. The van der Waals surface area contributed by atoms with Crippen molar-refractivity contribution in [2.75, 3.05) is 0 Å². The van der Waals surface area contributed by atoms with Crippen molar-refractivity contribution < 1.29 is 5.11 Å². The molecule has 2 aromatic heterocycles. The Morgan fingerprint density at radius 2 is 1.83 bits per heavy atom. The second-order valence-corrected chi connectivity index (χ2v) is 6.45. The summed E-state index contributed by atoms with van der Waals surface area (Å²) in [6.45, 7) is 5.42. The van der Waals surface area contributed by atoms with Crippen molar-refractivity contribution in [3.63, 3.8) is 0 Å². The van der Waals surface area contributed by atoms with E-state index >= 15 is 0 Å². The molecule has 120 valence electrons. The monoisotopic (exact) mass is 337 g/mol. The van der Waals surface area contributed by atoms with Crippen LogP contribution in [0, 0.1) is 32.1 Å². The Hall–Kier alpha value is -2.98. The van der Waals surface area contributed by atoms with Gasteiger partial charge in [-0.3, -0.25) is 0 Å². The predicted octanol–water partition coefficient (Wildman–Crippen LogP) is 3.60. The number of nitrogens with zero attached hydrogens (tertiary/aromatic N) is 5. The van der Waals surface area contributed by atoms with Crippen LogP contribution < -0.4 is 0 Å². The number of aromatic nitrogens is 4. The largest absolute Gasteiger partial charge is 0.505 e. The molecule has 0 aliphatic rings. The Morgan fingerprint density at radius 1 is 1.12 bits per heavy atom. The number of aryl methyl sites for hydroxylation is 3. The minimum atomic E-state index is -0.108. The number of hydrogen-bond donors (Lipinski definition) is 1. The maximum absolute atomic E-state index is 10.6.